The van der Waals surface area contributed by atoms with Crippen LogP contribution in [0, 0.1) is 12.3 Å². The van der Waals surface area contributed by atoms with Crippen LogP contribution in [0.3, 0.4) is 0 Å². The lowest BCUT2D eigenvalue weighted by Gasteiger charge is -2.44. The van der Waals surface area contributed by atoms with Gasteiger partial charge in [0.2, 0.25) is 0 Å². The van der Waals surface area contributed by atoms with Crippen LogP contribution >= 0.6 is 0 Å². The zero-order valence-corrected chi connectivity index (χ0v) is 18.7. The molecule has 0 bridgehead atoms. The molecule has 29 heavy (non-hydrogen) atoms. The molecule has 0 spiro atoms. The molecule has 0 atom stereocenters. The van der Waals surface area contributed by atoms with E-state index in [1.54, 1.807) is 0 Å². The molecule has 0 unspecified atom stereocenters. The van der Waals surface area contributed by atoms with E-state index in [1.807, 2.05) is 26.0 Å². The maximum Gasteiger partial charge on any atom is 0.145 e. The molecule has 1 aliphatic rings. The van der Waals surface area contributed by atoms with Crippen molar-refractivity contribution in [2.75, 3.05) is 0 Å². The Balaban J connectivity index is 2.09. The summed E-state index contributed by atoms with van der Waals surface area (Å²) in [6.07, 6.45) is 0. The van der Waals surface area contributed by atoms with Crippen molar-refractivity contribution in [2.24, 2.45) is 5.41 Å². The second-order valence-corrected chi connectivity index (χ2v) is 10.2. The number of aryl methyl sites for hydroxylation is 1. The zero-order chi connectivity index (χ0) is 21.5. The minimum absolute atomic E-state index is 0.156. The zero-order valence-electron chi connectivity index (χ0n) is 18.7. The molecule has 1 aromatic heterocycles. The van der Waals surface area contributed by atoms with Crippen LogP contribution in [0.15, 0.2) is 30.3 Å². The summed E-state index contributed by atoms with van der Waals surface area (Å²) in [7, 11) is 1.88. The number of fused-ring (bicyclic) bond motifs is 2. The van der Waals surface area contributed by atoms with Gasteiger partial charge in [0.25, 0.3) is 0 Å². The molecule has 0 fully saturated rings. The van der Waals surface area contributed by atoms with Gasteiger partial charge in [-0.25, -0.2) is 4.98 Å². The molecule has 150 valence electrons. The third-order valence-electron chi connectivity index (χ3n) is 8.27. The van der Waals surface area contributed by atoms with E-state index in [9.17, 15) is 10.2 Å². The molecule has 1 aliphatic carbocycles. The minimum Gasteiger partial charge on any atom is -0.508 e. The molecule has 4 rings (SSSR count). The fourth-order valence-electron chi connectivity index (χ4n) is 5.23. The molecule has 2 N–H and O–H groups in total. The second-order valence-electron chi connectivity index (χ2n) is 10.2. The molecule has 4 heteroatoms. The van der Waals surface area contributed by atoms with Crippen molar-refractivity contribution in [2.45, 2.75) is 59.3 Å². The lowest BCUT2D eigenvalue weighted by atomic mass is 9.59. The van der Waals surface area contributed by atoms with E-state index < -0.39 is 0 Å². The maximum absolute atomic E-state index is 11.5. The molecule has 3 aromatic rings. The Morgan fingerprint density at radius 1 is 0.828 bits per heavy atom. The van der Waals surface area contributed by atoms with Crippen molar-refractivity contribution < 1.29 is 10.2 Å². The Morgan fingerprint density at radius 3 is 2.03 bits per heavy atom. The van der Waals surface area contributed by atoms with E-state index in [2.05, 4.69) is 60.6 Å². The Labute approximate surface area is 174 Å². The van der Waals surface area contributed by atoms with Crippen LogP contribution in [-0.4, -0.2) is 23.0 Å². The number of rotatable bonds is 1. The summed E-state index contributed by atoms with van der Waals surface area (Å²) >= 11 is 0. The summed E-state index contributed by atoms with van der Waals surface area (Å²) in [5.41, 5.74) is 5.01. The number of benzene rings is 2. The smallest absolute Gasteiger partial charge is 0.145 e. The van der Waals surface area contributed by atoms with Crippen molar-refractivity contribution in [1.29, 1.82) is 0 Å². The number of pyridine rings is 1. The van der Waals surface area contributed by atoms with Crippen LogP contribution in [0.1, 0.15) is 58.2 Å². The lowest BCUT2D eigenvalue weighted by molar-refractivity contribution is 0.123. The van der Waals surface area contributed by atoms with Gasteiger partial charge in [-0.2, -0.15) is 0 Å². The topological polar surface area (TPSA) is 53.4 Å². The van der Waals surface area contributed by atoms with Crippen molar-refractivity contribution >= 4 is 24.2 Å². The van der Waals surface area contributed by atoms with Gasteiger partial charge in [0.1, 0.15) is 19.3 Å². The Kier molecular flexibility index (Phi) is 3.95. The van der Waals surface area contributed by atoms with E-state index >= 15 is 0 Å². The summed E-state index contributed by atoms with van der Waals surface area (Å²) in [6.45, 7) is 15.2. The number of nitrogens with zero attached hydrogens (tertiary/aromatic N) is 1. The van der Waals surface area contributed by atoms with E-state index in [-0.39, 0.29) is 27.7 Å². The molecule has 3 nitrogen and oxygen atoms in total. The average Bonchev–Trinajstić information content (AvgIpc) is 2.74. The van der Waals surface area contributed by atoms with Crippen LogP contribution in [0.2, 0.25) is 0 Å². The number of aromatic nitrogens is 1. The highest BCUT2D eigenvalue weighted by Crippen LogP contribution is 2.65. The standard InChI is InChI=1S/C25H30BNO2/c1-13-9-8-10-15-14(13)11-12-16(27-15)17-20(26)22(29)19-18(21(17)28)23(2,3)25(6,7)24(19,4)5/h8-12,28-29H,26H2,1-7H3. The highest BCUT2D eigenvalue weighted by Gasteiger charge is 2.59. The van der Waals surface area contributed by atoms with Gasteiger partial charge < -0.3 is 10.2 Å². The first-order chi connectivity index (χ1) is 13.3. The van der Waals surface area contributed by atoms with Crippen LogP contribution in [-0.2, 0) is 10.8 Å². The normalized spacial score (nSPS) is 18.7. The average molecular weight is 387 g/mol. The first-order valence-electron chi connectivity index (χ1n) is 10.3. The van der Waals surface area contributed by atoms with Gasteiger partial charge in [-0.15, -0.1) is 0 Å². The van der Waals surface area contributed by atoms with Crippen LogP contribution in [0.4, 0.5) is 0 Å². The first kappa shape index (κ1) is 19.8. The number of hydrogen-bond donors (Lipinski definition) is 2. The largest absolute Gasteiger partial charge is 0.508 e. The summed E-state index contributed by atoms with van der Waals surface area (Å²) in [4.78, 5) is 4.84. The molecule has 0 amide bonds. The van der Waals surface area contributed by atoms with Gasteiger partial charge in [-0.1, -0.05) is 59.7 Å². The SMILES string of the molecule is Bc1c(O)c2c(c(O)c1-c1ccc3c(C)cccc3n1)C(C)(C)C(C)(C)C2(C)C. The molecular formula is C25H30BNO2. The Hall–Kier alpha value is -2.49. The third-order valence-corrected chi connectivity index (χ3v) is 8.27. The number of hydrogen-bond acceptors (Lipinski definition) is 3. The van der Waals surface area contributed by atoms with Crippen molar-refractivity contribution in [3.63, 3.8) is 0 Å². The highest BCUT2D eigenvalue weighted by atomic mass is 16.3. The molecule has 0 aliphatic heterocycles. The van der Waals surface area contributed by atoms with Gasteiger partial charge in [-0.3, -0.25) is 0 Å². The number of phenols is 2. The van der Waals surface area contributed by atoms with Crippen molar-refractivity contribution in [3.05, 3.63) is 47.0 Å². The predicted molar refractivity (Wildman–Crippen MR) is 123 cm³/mol. The fourth-order valence-corrected chi connectivity index (χ4v) is 5.23. The number of aromatic hydroxyl groups is 2. The summed E-state index contributed by atoms with van der Waals surface area (Å²) in [6, 6.07) is 10.0. The van der Waals surface area contributed by atoms with E-state index in [4.69, 9.17) is 4.98 Å². The lowest BCUT2D eigenvalue weighted by Crippen LogP contribution is -2.42. The Morgan fingerprint density at radius 2 is 1.41 bits per heavy atom. The molecule has 2 aromatic carbocycles. The van der Waals surface area contributed by atoms with Gasteiger partial charge in [0.05, 0.1) is 11.2 Å². The van der Waals surface area contributed by atoms with Gasteiger partial charge in [0, 0.05) is 22.1 Å². The molecular weight excluding hydrogens is 357 g/mol. The summed E-state index contributed by atoms with van der Waals surface area (Å²) in [5, 5.41) is 23.9. The number of phenolic OH excluding ortho intramolecular Hbond substituents is 2. The monoisotopic (exact) mass is 387 g/mol. The van der Waals surface area contributed by atoms with Crippen molar-refractivity contribution in [1.82, 2.24) is 4.98 Å². The van der Waals surface area contributed by atoms with Gasteiger partial charge in [-0.05, 0) is 46.3 Å². The maximum atomic E-state index is 11.5. The summed E-state index contributed by atoms with van der Waals surface area (Å²) < 4.78 is 0. The molecule has 1 heterocycles. The third kappa shape index (κ3) is 2.29. The van der Waals surface area contributed by atoms with E-state index in [1.165, 1.54) is 5.56 Å². The fraction of sp³-hybridized carbons (Fsp3) is 0.400. The van der Waals surface area contributed by atoms with Gasteiger partial charge in [0.15, 0.2) is 0 Å². The molecule has 0 radical (unpaired) electrons. The molecule has 0 saturated heterocycles. The second kappa shape index (κ2) is 5.78. The van der Waals surface area contributed by atoms with Gasteiger partial charge >= 0.3 is 0 Å². The predicted octanol–water partition coefficient (Wildman–Crippen LogP) is 4.47. The van der Waals surface area contributed by atoms with E-state index in [0.29, 0.717) is 16.7 Å². The first-order valence-corrected chi connectivity index (χ1v) is 10.3. The minimum atomic E-state index is -0.316. The van der Waals surface area contributed by atoms with Crippen LogP contribution in [0.25, 0.3) is 22.2 Å². The Bertz CT molecular complexity index is 1180. The quantitative estimate of drug-likeness (QED) is 0.478. The molecule has 0 saturated carbocycles. The summed E-state index contributed by atoms with van der Waals surface area (Å²) in [5.74, 6) is 0.529. The van der Waals surface area contributed by atoms with Crippen molar-refractivity contribution in [3.8, 4) is 22.8 Å². The highest BCUT2D eigenvalue weighted by molar-refractivity contribution is 6.38. The van der Waals surface area contributed by atoms with E-state index in [0.717, 1.165) is 22.0 Å². The van der Waals surface area contributed by atoms with Crippen LogP contribution < -0.4 is 5.46 Å². The van der Waals surface area contributed by atoms with Crippen LogP contribution in [0.5, 0.6) is 11.5 Å².